The van der Waals surface area contributed by atoms with Crippen LogP contribution in [-0.2, 0) is 9.59 Å². The number of benzene rings is 1. The van der Waals surface area contributed by atoms with Crippen LogP contribution in [0.3, 0.4) is 0 Å². The van der Waals surface area contributed by atoms with Gasteiger partial charge in [-0.1, -0.05) is 12.1 Å². The van der Waals surface area contributed by atoms with Crippen molar-refractivity contribution in [2.75, 3.05) is 6.61 Å². The van der Waals surface area contributed by atoms with Crippen LogP contribution in [0.2, 0.25) is 0 Å². The standard InChI is InChI=1S/C12H14FNO4/c1-8(6-12(16)17)14-11(15)7-18-10-5-3-2-4-9(10)13/h2-5,8H,6-7H2,1H3,(H,14,15)(H,16,17). The minimum absolute atomic E-state index is 0.0152. The smallest absolute Gasteiger partial charge is 0.305 e. The molecule has 0 saturated carbocycles. The zero-order chi connectivity index (χ0) is 13.5. The molecule has 1 rings (SSSR count). The third kappa shape index (κ3) is 4.82. The number of hydrogen-bond acceptors (Lipinski definition) is 3. The highest BCUT2D eigenvalue weighted by Gasteiger charge is 2.12. The molecule has 0 aromatic heterocycles. The monoisotopic (exact) mass is 255 g/mol. The Labute approximate surface area is 104 Å². The average Bonchev–Trinajstić information content (AvgIpc) is 2.26. The van der Waals surface area contributed by atoms with Crippen molar-refractivity contribution in [1.82, 2.24) is 5.32 Å². The molecule has 0 aliphatic heterocycles. The lowest BCUT2D eigenvalue weighted by atomic mass is 10.2. The summed E-state index contributed by atoms with van der Waals surface area (Å²) < 4.78 is 18.1. The van der Waals surface area contributed by atoms with Gasteiger partial charge >= 0.3 is 5.97 Å². The number of carboxylic acids is 1. The largest absolute Gasteiger partial charge is 0.481 e. The maximum atomic E-state index is 13.1. The molecule has 0 heterocycles. The third-order valence-electron chi connectivity index (χ3n) is 2.08. The van der Waals surface area contributed by atoms with Crippen molar-refractivity contribution in [3.05, 3.63) is 30.1 Å². The number of carbonyl (C=O) groups excluding carboxylic acids is 1. The van der Waals surface area contributed by atoms with E-state index in [1.54, 1.807) is 13.0 Å². The maximum absolute atomic E-state index is 13.1. The van der Waals surface area contributed by atoms with Gasteiger partial charge in [-0.2, -0.15) is 0 Å². The Morgan fingerprint density at radius 2 is 2.11 bits per heavy atom. The highest BCUT2D eigenvalue weighted by Crippen LogP contribution is 2.14. The first-order valence-corrected chi connectivity index (χ1v) is 5.37. The fraction of sp³-hybridized carbons (Fsp3) is 0.333. The van der Waals surface area contributed by atoms with Gasteiger partial charge in [0.05, 0.1) is 6.42 Å². The SMILES string of the molecule is CC(CC(=O)O)NC(=O)COc1ccccc1F. The Morgan fingerprint density at radius 1 is 1.44 bits per heavy atom. The van der Waals surface area contributed by atoms with E-state index in [1.165, 1.54) is 18.2 Å². The highest BCUT2D eigenvalue weighted by molar-refractivity contribution is 5.78. The quantitative estimate of drug-likeness (QED) is 0.800. The Hall–Kier alpha value is -2.11. The number of halogens is 1. The second-order valence-corrected chi connectivity index (χ2v) is 3.79. The van der Waals surface area contributed by atoms with Crippen molar-refractivity contribution >= 4 is 11.9 Å². The molecule has 1 aromatic carbocycles. The lowest BCUT2D eigenvalue weighted by molar-refractivity contribution is -0.137. The molecule has 0 saturated heterocycles. The molecule has 0 radical (unpaired) electrons. The molecule has 0 aliphatic rings. The van der Waals surface area contributed by atoms with Crippen molar-refractivity contribution in [3.63, 3.8) is 0 Å². The van der Waals surface area contributed by atoms with Gasteiger partial charge in [0.25, 0.3) is 5.91 Å². The molecule has 0 aliphatic carbocycles. The van der Waals surface area contributed by atoms with E-state index in [0.717, 1.165) is 0 Å². The first kappa shape index (κ1) is 14.0. The number of carbonyl (C=O) groups is 2. The molecule has 5 nitrogen and oxygen atoms in total. The van der Waals surface area contributed by atoms with Gasteiger partial charge in [-0.05, 0) is 19.1 Å². The summed E-state index contributed by atoms with van der Waals surface area (Å²) in [5.74, 6) is -2.06. The summed E-state index contributed by atoms with van der Waals surface area (Å²) in [6, 6.07) is 5.23. The molecule has 98 valence electrons. The Bertz CT molecular complexity index is 436. The predicted molar refractivity (Wildman–Crippen MR) is 61.8 cm³/mol. The van der Waals surface area contributed by atoms with E-state index < -0.39 is 23.7 Å². The summed E-state index contributed by atoms with van der Waals surface area (Å²) in [6.45, 7) is 1.21. The molecule has 18 heavy (non-hydrogen) atoms. The lowest BCUT2D eigenvalue weighted by Crippen LogP contribution is -2.37. The van der Waals surface area contributed by atoms with Crippen LogP contribution in [0.25, 0.3) is 0 Å². The van der Waals surface area contributed by atoms with Gasteiger partial charge in [0.15, 0.2) is 18.2 Å². The number of para-hydroxylation sites is 1. The van der Waals surface area contributed by atoms with Crippen LogP contribution in [0.1, 0.15) is 13.3 Å². The zero-order valence-corrected chi connectivity index (χ0v) is 9.85. The molecule has 1 aromatic rings. The van der Waals surface area contributed by atoms with Crippen molar-refractivity contribution in [2.45, 2.75) is 19.4 Å². The van der Waals surface area contributed by atoms with Crippen LogP contribution < -0.4 is 10.1 Å². The minimum atomic E-state index is -1.00. The lowest BCUT2D eigenvalue weighted by Gasteiger charge is -2.12. The Morgan fingerprint density at radius 3 is 2.72 bits per heavy atom. The first-order chi connectivity index (χ1) is 8.49. The van der Waals surface area contributed by atoms with Crippen molar-refractivity contribution < 1.29 is 23.8 Å². The van der Waals surface area contributed by atoms with Crippen LogP contribution in [0.4, 0.5) is 4.39 Å². The molecule has 2 N–H and O–H groups in total. The number of amides is 1. The zero-order valence-electron chi connectivity index (χ0n) is 9.85. The van der Waals surface area contributed by atoms with Gasteiger partial charge in [0, 0.05) is 6.04 Å². The molecule has 0 spiro atoms. The van der Waals surface area contributed by atoms with Crippen molar-refractivity contribution in [2.24, 2.45) is 0 Å². The molecular weight excluding hydrogens is 241 g/mol. The van der Waals surface area contributed by atoms with E-state index in [9.17, 15) is 14.0 Å². The van der Waals surface area contributed by atoms with Gasteiger partial charge < -0.3 is 15.2 Å². The maximum Gasteiger partial charge on any atom is 0.305 e. The molecule has 0 bridgehead atoms. The summed E-state index contributed by atoms with van der Waals surface area (Å²) in [5.41, 5.74) is 0. The molecule has 6 heteroatoms. The Kier molecular flexibility index (Phi) is 5.10. The number of hydrogen-bond donors (Lipinski definition) is 2. The molecule has 0 fully saturated rings. The van der Waals surface area contributed by atoms with E-state index >= 15 is 0 Å². The second kappa shape index (κ2) is 6.58. The summed E-state index contributed by atoms with van der Waals surface area (Å²) in [6.07, 6.45) is -0.175. The Balaban J connectivity index is 2.38. The van der Waals surface area contributed by atoms with E-state index in [1.807, 2.05) is 0 Å². The topological polar surface area (TPSA) is 75.6 Å². The minimum Gasteiger partial charge on any atom is -0.481 e. The average molecular weight is 255 g/mol. The number of ether oxygens (including phenoxy) is 1. The van der Waals surface area contributed by atoms with Gasteiger partial charge in [0.1, 0.15) is 0 Å². The number of aliphatic carboxylic acids is 1. The molecular formula is C12H14FNO4. The van der Waals surface area contributed by atoms with Gasteiger partial charge in [0.2, 0.25) is 0 Å². The van der Waals surface area contributed by atoms with E-state index in [0.29, 0.717) is 0 Å². The van der Waals surface area contributed by atoms with E-state index in [2.05, 4.69) is 5.32 Å². The normalized spacial score (nSPS) is 11.7. The van der Waals surface area contributed by atoms with Gasteiger partial charge in [-0.25, -0.2) is 4.39 Å². The fourth-order valence-electron chi connectivity index (χ4n) is 1.33. The number of carboxylic acid groups (broad SMARTS) is 1. The molecule has 1 amide bonds. The summed E-state index contributed by atoms with van der Waals surface area (Å²) in [5, 5.41) is 10.9. The van der Waals surface area contributed by atoms with Crippen molar-refractivity contribution in [3.8, 4) is 5.75 Å². The van der Waals surface area contributed by atoms with Crippen LogP contribution in [0.5, 0.6) is 5.75 Å². The van der Waals surface area contributed by atoms with Crippen LogP contribution in [0, 0.1) is 5.82 Å². The summed E-state index contributed by atoms with van der Waals surface area (Å²) in [7, 11) is 0. The van der Waals surface area contributed by atoms with E-state index in [4.69, 9.17) is 9.84 Å². The van der Waals surface area contributed by atoms with E-state index in [-0.39, 0.29) is 18.8 Å². The van der Waals surface area contributed by atoms with Gasteiger partial charge in [-0.3, -0.25) is 9.59 Å². The van der Waals surface area contributed by atoms with Crippen LogP contribution >= 0.6 is 0 Å². The highest BCUT2D eigenvalue weighted by atomic mass is 19.1. The summed E-state index contributed by atoms with van der Waals surface area (Å²) in [4.78, 5) is 21.8. The van der Waals surface area contributed by atoms with Crippen LogP contribution in [-0.4, -0.2) is 29.6 Å². The fourth-order valence-corrected chi connectivity index (χ4v) is 1.33. The predicted octanol–water partition coefficient (Wildman–Crippen LogP) is 1.18. The number of rotatable bonds is 6. The van der Waals surface area contributed by atoms with Crippen LogP contribution in [0.15, 0.2) is 24.3 Å². The van der Waals surface area contributed by atoms with Crippen molar-refractivity contribution in [1.29, 1.82) is 0 Å². The molecule has 1 unspecified atom stereocenters. The first-order valence-electron chi connectivity index (χ1n) is 5.37. The molecule has 1 atom stereocenters. The second-order valence-electron chi connectivity index (χ2n) is 3.79. The number of nitrogens with one attached hydrogen (secondary N) is 1. The third-order valence-corrected chi connectivity index (χ3v) is 2.08. The van der Waals surface area contributed by atoms with Gasteiger partial charge in [-0.15, -0.1) is 0 Å². The summed E-state index contributed by atoms with van der Waals surface area (Å²) >= 11 is 0.